The fourth-order valence-corrected chi connectivity index (χ4v) is 9.19. The number of aromatic hydroxyl groups is 1. The Morgan fingerprint density at radius 1 is 0.584 bits per heavy atom. The highest BCUT2D eigenvalue weighted by Crippen LogP contribution is 2.54. The average Bonchev–Trinajstić information content (AvgIpc) is 3.42. The number of phenolic OH excluding ortho intramolecular Hbond substituents is 1. The lowest BCUT2D eigenvalue weighted by Crippen LogP contribution is -2.33. The summed E-state index contributed by atoms with van der Waals surface area (Å²) in [5.74, 6) is -12.0. The molecule has 1 aliphatic rings. The highest BCUT2D eigenvalue weighted by atomic mass is 16.6. The smallest absolute Gasteiger partial charge is 0.308 e. The molecule has 0 aliphatic heterocycles. The molecule has 5 aromatic rings. The van der Waals surface area contributed by atoms with E-state index in [-0.39, 0.29) is 110 Å². The Bertz CT molecular complexity index is 3430. The molecule has 18 nitrogen and oxygen atoms in total. The topological polar surface area (TPSA) is 252 Å². The molecule has 0 saturated carbocycles. The first-order valence-corrected chi connectivity index (χ1v) is 24.3. The third-order valence-corrected chi connectivity index (χ3v) is 12.0. The van der Waals surface area contributed by atoms with Crippen LogP contribution in [0.2, 0.25) is 0 Å². The highest BCUT2D eigenvalue weighted by molar-refractivity contribution is 6.04. The Hall–Kier alpha value is -8.93. The number of benzene rings is 4. The molecule has 0 saturated heterocycles. The van der Waals surface area contributed by atoms with Gasteiger partial charge >= 0.3 is 41.8 Å². The van der Waals surface area contributed by atoms with Crippen molar-refractivity contribution in [2.45, 2.75) is 114 Å². The lowest BCUT2D eigenvalue weighted by molar-refractivity contribution is -0.133. The summed E-state index contributed by atoms with van der Waals surface area (Å²) < 4.78 is 46.6. The molecule has 18 heteroatoms. The summed E-state index contributed by atoms with van der Waals surface area (Å²) >= 11 is 0. The first kappa shape index (κ1) is 57.4. The van der Waals surface area contributed by atoms with E-state index in [1.165, 1.54) is 62.4 Å². The van der Waals surface area contributed by atoms with Gasteiger partial charge in [-0.15, -0.1) is 0 Å². The molecule has 0 spiro atoms. The molecule has 1 aliphatic carbocycles. The number of ether oxygens (including phenoxy) is 7. The number of hydrogen-bond donors (Lipinski definition) is 1. The predicted octanol–water partition coefficient (Wildman–Crippen LogP) is 10.4. The van der Waals surface area contributed by atoms with Crippen molar-refractivity contribution in [3.05, 3.63) is 128 Å². The molecule has 0 fully saturated rings. The summed E-state index contributed by atoms with van der Waals surface area (Å²) in [6.45, 7) is 16.9. The zero-order valence-electron chi connectivity index (χ0n) is 44.7. The Morgan fingerprint density at radius 3 is 1.65 bits per heavy atom. The van der Waals surface area contributed by atoms with Crippen LogP contribution in [0.4, 0.5) is 0 Å². The maximum atomic E-state index is 16.3. The molecule has 1 aromatic heterocycles. The Balaban J connectivity index is 1.87. The van der Waals surface area contributed by atoms with Gasteiger partial charge < -0.3 is 42.7 Å². The molecule has 0 unspecified atom stereocenters. The van der Waals surface area contributed by atoms with Crippen LogP contribution >= 0.6 is 0 Å². The molecular formula is C59H58O18. The van der Waals surface area contributed by atoms with Crippen molar-refractivity contribution in [2.24, 2.45) is 5.92 Å². The van der Waals surface area contributed by atoms with E-state index in [9.17, 15) is 38.7 Å². The number of carbonyl (C=O) groups excluding carboxylic acids is 8. The number of rotatable bonds is 16. The first-order valence-electron chi connectivity index (χ1n) is 24.3. The number of fused-ring (bicyclic) bond motifs is 1. The SMILES string of the molecule is CC(=O)Oc1ccc(-c2oc3c([C@H]4C=C(C)C[C@@H](c5ccc(OC(C)=O)cc5OC(C)=O)[C@@H]4C(=O)c4ccc(O)c(CC=C(C)C)c4OC(C)=O)c(OC(C)=O)cc(OC(C)=O)c3c(=O)c2CC=C(C)C)c(OC(C)=O)c1. The van der Waals surface area contributed by atoms with Gasteiger partial charge in [-0.2, -0.15) is 0 Å². The summed E-state index contributed by atoms with van der Waals surface area (Å²) in [5.41, 5.74) is 1.08. The van der Waals surface area contributed by atoms with Gasteiger partial charge in [0.15, 0.2) is 5.78 Å². The maximum absolute atomic E-state index is 16.3. The van der Waals surface area contributed by atoms with Crippen LogP contribution in [0.25, 0.3) is 22.3 Å². The number of allylic oxidation sites excluding steroid dienone is 6. The van der Waals surface area contributed by atoms with E-state index in [1.54, 1.807) is 39.0 Å². The van der Waals surface area contributed by atoms with E-state index < -0.39 is 76.5 Å². The van der Waals surface area contributed by atoms with Gasteiger partial charge in [-0.1, -0.05) is 41.0 Å². The molecule has 0 amide bonds. The van der Waals surface area contributed by atoms with Crippen LogP contribution in [0, 0.1) is 5.92 Å². The van der Waals surface area contributed by atoms with Gasteiger partial charge in [0, 0.05) is 101 Å². The van der Waals surface area contributed by atoms with Crippen molar-refractivity contribution in [3.8, 4) is 57.3 Å². The van der Waals surface area contributed by atoms with Gasteiger partial charge in [-0.25, -0.2) is 0 Å². The Labute approximate surface area is 443 Å². The Morgan fingerprint density at radius 2 is 1.09 bits per heavy atom. The number of Topliss-reactive ketones (excluding diaryl/α,β-unsaturated/α-hetero) is 1. The number of ketones is 1. The second kappa shape index (κ2) is 24.2. The molecule has 6 rings (SSSR count). The van der Waals surface area contributed by atoms with Gasteiger partial charge in [-0.3, -0.25) is 43.2 Å². The third kappa shape index (κ3) is 13.7. The van der Waals surface area contributed by atoms with Crippen LogP contribution in [-0.2, 0) is 46.4 Å². The quantitative estimate of drug-likeness (QED) is 0.0417. The standard InChI is InChI=1S/C59H58O18/c1-28(2)13-17-41-47(67)22-21-44(57(41)76-37(12)66)55(68)52-45(40-19-15-38(70-31(6)60)25-48(40)72-33(8)62)23-30(5)24-46(52)53-50(74-35(10)64)27-51(75-36(11)65)54-56(69)43(18-14-29(3)4)58(77-59(53)54)42-20-16-39(71-32(7)61)26-49(42)73-34(9)63/h13-16,19-22,24-27,45-46,52,67H,17-18,23H2,1-12H3/t45-,46-,52-/m0/s1. The Kier molecular flexibility index (Phi) is 18.0. The van der Waals surface area contributed by atoms with Crippen LogP contribution in [-0.4, -0.2) is 52.7 Å². The number of hydrogen-bond acceptors (Lipinski definition) is 18. The van der Waals surface area contributed by atoms with Crippen LogP contribution < -0.4 is 38.6 Å². The summed E-state index contributed by atoms with van der Waals surface area (Å²) in [5, 5.41) is 11.0. The van der Waals surface area contributed by atoms with E-state index in [2.05, 4.69) is 0 Å². The van der Waals surface area contributed by atoms with Crippen molar-refractivity contribution >= 4 is 58.5 Å². The molecule has 1 heterocycles. The fourth-order valence-electron chi connectivity index (χ4n) is 9.19. The van der Waals surface area contributed by atoms with Crippen molar-refractivity contribution in [3.63, 3.8) is 0 Å². The van der Waals surface area contributed by atoms with Crippen LogP contribution in [0.3, 0.4) is 0 Å². The predicted molar refractivity (Wildman–Crippen MR) is 280 cm³/mol. The van der Waals surface area contributed by atoms with E-state index in [0.29, 0.717) is 5.57 Å². The second-order valence-electron chi connectivity index (χ2n) is 18.9. The molecule has 402 valence electrons. The largest absolute Gasteiger partial charge is 0.508 e. The summed E-state index contributed by atoms with van der Waals surface area (Å²) in [6, 6.07) is 12.0. The van der Waals surface area contributed by atoms with Gasteiger partial charge in [0.2, 0.25) is 5.43 Å². The monoisotopic (exact) mass is 1050 g/mol. The lowest BCUT2D eigenvalue weighted by Gasteiger charge is -2.38. The van der Waals surface area contributed by atoms with Crippen molar-refractivity contribution in [1.29, 1.82) is 0 Å². The summed E-state index contributed by atoms with van der Waals surface area (Å²) in [6.07, 6.45) is 5.15. The number of carbonyl (C=O) groups is 8. The minimum atomic E-state index is -1.46. The van der Waals surface area contributed by atoms with Crippen LogP contribution in [0.5, 0.6) is 46.0 Å². The van der Waals surface area contributed by atoms with Crippen LogP contribution in [0.1, 0.15) is 134 Å². The minimum absolute atomic E-state index is 0.00362. The van der Waals surface area contributed by atoms with Gasteiger partial charge in [-0.05, 0) is 89.8 Å². The van der Waals surface area contributed by atoms with E-state index in [0.717, 1.165) is 51.8 Å². The van der Waals surface area contributed by atoms with Gasteiger partial charge in [0.25, 0.3) is 0 Å². The van der Waals surface area contributed by atoms with Crippen LogP contribution in [0.15, 0.2) is 98.8 Å². The minimum Gasteiger partial charge on any atom is -0.508 e. The summed E-state index contributed by atoms with van der Waals surface area (Å²) in [7, 11) is 0. The normalized spacial score (nSPS) is 14.8. The summed E-state index contributed by atoms with van der Waals surface area (Å²) in [4.78, 5) is 121. The van der Waals surface area contributed by atoms with Crippen molar-refractivity contribution < 1.29 is 81.0 Å². The number of esters is 7. The number of phenols is 1. The van der Waals surface area contributed by atoms with E-state index in [1.807, 2.05) is 13.8 Å². The lowest BCUT2D eigenvalue weighted by atomic mass is 9.65. The molecule has 77 heavy (non-hydrogen) atoms. The highest BCUT2D eigenvalue weighted by Gasteiger charge is 2.45. The van der Waals surface area contributed by atoms with Gasteiger partial charge in [0.05, 0.1) is 11.1 Å². The zero-order chi connectivity index (χ0) is 56.7. The fraction of sp³-hybridized carbons (Fsp3) is 0.305. The third-order valence-electron chi connectivity index (χ3n) is 12.0. The molecule has 3 atom stereocenters. The molecular weight excluding hydrogens is 997 g/mol. The molecule has 1 N–H and O–H groups in total. The molecule has 4 aromatic carbocycles. The first-order chi connectivity index (χ1) is 36.2. The maximum Gasteiger partial charge on any atom is 0.308 e. The molecule has 0 radical (unpaired) electrons. The van der Waals surface area contributed by atoms with Crippen molar-refractivity contribution in [2.75, 3.05) is 0 Å². The second-order valence-corrected chi connectivity index (χ2v) is 18.9. The zero-order valence-corrected chi connectivity index (χ0v) is 44.7. The van der Waals surface area contributed by atoms with Gasteiger partial charge in [0.1, 0.15) is 62.7 Å². The molecule has 0 bridgehead atoms. The van der Waals surface area contributed by atoms with E-state index >= 15 is 9.59 Å². The average molecular weight is 1060 g/mol. The van der Waals surface area contributed by atoms with Crippen molar-refractivity contribution in [1.82, 2.24) is 0 Å². The van der Waals surface area contributed by atoms with E-state index in [4.69, 9.17) is 37.6 Å².